The smallest absolute Gasteiger partial charge is 0.244 e. The minimum atomic E-state index is -0.471. The first-order valence-corrected chi connectivity index (χ1v) is 7.50. The van der Waals surface area contributed by atoms with Crippen LogP contribution in [0.3, 0.4) is 0 Å². The van der Waals surface area contributed by atoms with E-state index in [1.165, 1.54) is 12.1 Å². The lowest BCUT2D eigenvalue weighted by atomic mass is 9.84. The van der Waals surface area contributed by atoms with Gasteiger partial charge in [-0.3, -0.25) is 10.1 Å². The van der Waals surface area contributed by atoms with Crippen LogP contribution in [-0.4, -0.2) is 15.2 Å². The van der Waals surface area contributed by atoms with Crippen molar-refractivity contribution in [3.8, 4) is 23.2 Å². The van der Waals surface area contributed by atoms with Gasteiger partial charge in [0.2, 0.25) is 11.8 Å². The number of nitriles is 1. The molecule has 0 spiro atoms. The van der Waals surface area contributed by atoms with Crippen molar-refractivity contribution in [2.45, 2.75) is 5.92 Å². The number of allylic oxidation sites excluding steroid dienone is 1. The average Bonchev–Trinajstić information content (AvgIpc) is 3.05. The molecule has 1 aliphatic rings. The number of fused-ring (bicyclic) bond motifs is 1. The summed E-state index contributed by atoms with van der Waals surface area (Å²) < 4.78 is 18.8. The molecule has 0 saturated heterocycles. The number of nitrogens with two attached hydrogens (primary N) is 1. The molecular formula is C18H12FN5O. The minimum Gasteiger partial charge on any atom is -0.420 e. The lowest BCUT2D eigenvalue weighted by molar-refractivity contribution is 0.379. The lowest BCUT2D eigenvalue weighted by Gasteiger charge is -2.23. The second-order valence-electron chi connectivity index (χ2n) is 5.54. The number of pyridine rings is 1. The summed E-state index contributed by atoms with van der Waals surface area (Å²) in [4.78, 5) is 4.13. The summed E-state index contributed by atoms with van der Waals surface area (Å²) >= 11 is 0. The number of aromatic nitrogens is 3. The van der Waals surface area contributed by atoms with E-state index in [0.29, 0.717) is 17.1 Å². The van der Waals surface area contributed by atoms with Crippen molar-refractivity contribution in [1.82, 2.24) is 15.2 Å². The molecule has 0 bridgehead atoms. The summed E-state index contributed by atoms with van der Waals surface area (Å²) in [7, 11) is 0. The number of nitrogens with zero attached hydrogens (tertiary/aromatic N) is 3. The van der Waals surface area contributed by atoms with Gasteiger partial charge in [0.05, 0.1) is 17.2 Å². The molecule has 0 amide bonds. The molecule has 2 aromatic heterocycles. The van der Waals surface area contributed by atoms with Crippen LogP contribution >= 0.6 is 0 Å². The molecule has 0 unspecified atom stereocenters. The second kappa shape index (κ2) is 5.76. The number of ether oxygens (including phenoxy) is 1. The van der Waals surface area contributed by atoms with Crippen molar-refractivity contribution >= 4 is 0 Å². The van der Waals surface area contributed by atoms with E-state index in [0.717, 1.165) is 11.1 Å². The normalized spacial score (nSPS) is 16.1. The second-order valence-corrected chi connectivity index (χ2v) is 5.54. The van der Waals surface area contributed by atoms with Crippen LogP contribution in [0.2, 0.25) is 0 Å². The molecule has 0 aliphatic carbocycles. The van der Waals surface area contributed by atoms with E-state index in [1.54, 1.807) is 30.6 Å². The van der Waals surface area contributed by atoms with E-state index in [9.17, 15) is 9.65 Å². The molecule has 1 aromatic carbocycles. The Morgan fingerprint density at radius 2 is 2.04 bits per heavy atom. The van der Waals surface area contributed by atoms with Crippen molar-refractivity contribution in [2.24, 2.45) is 5.73 Å². The third-order valence-corrected chi connectivity index (χ3v) is 4.09. The van der Waals surface area contributed by atoms with Gasteiger partial charge < -0.3 is 10.5 Å². The predicted octanol–water partition coefficient (Wildman–Crippen LogP) is 2.83. The molecule has 1 atom stereocenters. The van der Waals surface area contributed by atoms with Crippen LogP contribution in [0.4, 0.5) is 4.39 Å². The van der Waals surface area contributed by atoms with Crippen LogP contribution in [0, 0.1) is 17.1 Å². The summed E-state index contributed by atoms with van der Waals surface area (Å²) in [5, 5.41) is 16.7. The fourth-order valence-electron chi connectivity index (χ4n) is 2.96. The zero-order valence-corrected chi connectivity index (χ0v) is 12.9. The maximum atomic E-state index is 13.3. The number of hydrogen-bond acceptors (Lipinski definition) is 5. The van der Waals surface area contributed by atoms with E-state index in [4.69, 9.17) is 10.5 Å². The number of nitrogens with one attached hydrogen (secondary N) is 1. The van der Waals surface area contributed by atoms with Crippen LogP contribution in [0.1, 0.15) is 17.0 Å². The summed E-state index contributed by atoms with van der Waals surface area (Å²) in [6.45, 7) is 0. The van der Waals surface area contributed by atoms with Gasteiger partial charge in [-0.1, -0.05) is 6.07 Å². The monoisotopic (exact) mass is 333 g/mol. The molecule has 7 heteroatoms. The number of rotatable bonds is 2. The first-order chi connectivity index (χ1) is 12.2. The molecule has 3 heterocycles. The third kappa shape index (κ3) is 2.40. The molecule has 1 aliphatic heterocycles. The van der Waals surface area contributed by atoms with Gasteiger partial charge in [-0.2, -0.15) is 5.26 Å². The summed E-state index contributed by atoms with van der Waals surface area (Å²) in [6.07, 6.45) is 3.32. The maximum absolute atomic E-state index is 13.3. The van der Waals surface area contributed by atoms with Crippen molar-refractivity contribution in [1.29, 1.82) is 5.26 Å². The minimum absolute atomic E-state index is 0.0148. The number of aromatic amines is 1. The Morgan fingerprint density at radius 1 is 1.24 bits per heavy atom. The standard InChI is InChI=1S/C18H12FN5O/c19-12-5-3-10(4-6-12)16-15-14(11-2-1-7-22-9-11)13(8-20)17(21)25-18(15)24-23-16/h1-7,9,14H,21H2,(H,23,24)/t14-/m1/s1. The Morgan fingerprint density at radius 3 is 2.72 bits per heavy atom. The van der Waals surface area contributed by atoms with Gasteiger partial charge >= 0.3 is 0 Å². The van der Waals surface area contributed by atoms with Gasteiger partial charge in [-0.15, -0.1) is 5.10 Å². The Balaban J connectivity index is 1.94. The molecule has 3 aromatic rings. The zero-order valence-electron chi connectivity index (χ0n) is 12.9. The highest BCUT2D eigenvalue weighted by molar-refractivity contribution is 5.70. The van der Waals surface area contributed by atoms with Crippen LogP contribution < -0.4 is 10.5 Å². The first-order valence-electron chi connectivity index (χ1n) is 7.50. The van der Waals surface area contributed by atoms with Crippen molar-refractivity contribution in [3.05, 3.63) is 77.2 Å². The molecule has 25 heavy (non-hydrogen) atoms. The summed E-state index contributed by atoms with van der Waals surface area (Å²) in [5.41, 5.74) is 9.02. The Bertz CT molecular complexity index is 1000. The molecule has 3 N–H and O–H groups in total. The molecular weight excluding hydrogens is 321 g/mol. The van der Waals surface area contributed by atoms with E-state index >= 15 is 0 Å². The van der Waals surface area contributed by atoms with Crippen LogP contribution in [-0.2, 0) is 0 Å². The van der Waals surface area contributed by atoms with Gasteiger partial charge in [0.25, 0.3) is 0 Å². The molecule has 4 rings (SSSR count). The van der Waals surface area contributed by atoms with Crippen molar-refractivity contribution in [3.63, 3.8) is 0 Å². The van der Waals surface area contributed by atoms with Gasteiger partial charge in [-0.05, 0) is 35.9 Å². The van der Waals surface area contributed by atoms with Crippen LogP contribution in [0.5, 0.6) is 5.88 Å². The molecule has 122 valence electrons. The SMILES string of the molecule is N#CC1=C(N)Oc2n[nH]c(-c3ccc(F)cc3)c2[C@@H]1c1cccnc1. The highest BCUT2D eigenvalue weighted by atomic mass is 19.1. The fraction of sp³-hybridized carbons (Fsp3) is 0.0556. The first kappa shape index (κ1) is 14.9. The van der Waals surface area contributed by atoms with Crippen molar-refractivity contribution in [2.75, 3.05) is 0 Å². The fourth-order valence-corrected chi connectivity index (χ4v) is 2.96. The zero-order chi connectivity index (χ0) is 17.4. The van der Waals surface area contributed by atoms with E-state index in [-0.39, 0.29) is 17.3 Å². The Kier molecular flexibility index (Phi) is 3.43. The highest BCUT2D eigenvalue weighted by Gasteiger charge is 2.35. The molecule has 0 fully saturated rings. The number of hydrogen-bond donors (Lipinski definition) is 2. The van der Waals surface area contributed by atoms with E-state index < -0.39 is 5.92 Å². The quantitative estimate of drug-likeness (QED) is 0.751. The lowest BCUT2D eigenvalue weighted by Crippen LogP contribution is -2.21. The third-order valence-electron chi connectivity index (χ3n) is 4.09. The summed E-state index contributed by atoms with van der Waals surface area (Å²) in [5.74, 6) is -0.494. The number of halogens is 1. The van der Waals surface area contributed by atoms with E-state index in [1.807, 2.05) is 6.07 Å². The van der Waals surface area contributed by atoms with Crippen LogP contribution in [0.25, 0.3) is 11.3 Å². The molecule has 6 nitrogen and oxygen atoms in total. The molecule has 0 saturated carbocycles. The average molecular weight is 333 g/mol. The highest BCUT2D eigenvalue weighted by Crippen LogP contribution is 2.45. The van der Waals surface area contributed by atoms with E-state index in [2.05, 4.69) is 21.3 Å². The Labute approximate surface area is 142 Å². The van der Waals surface area contributed by atoms with Gasteiger partial charge in [0.1, 0.15) is 17.5 Å². The summed E-state index contributed by atoms with van der Waals surface area (Å²) in [6, 6.07) is 11.8. The topological polar surface area (TPSA) is 101 Å². The Hall–Kier alpha value is -3.66. The predicted molar refractivity (Wildman–Crippen MR) is 87.5 cm³/mol. The maximum Gasteiger partial charge on any atom is 0.244 e. The molecule has 0 radical (unpaired) electrons. The van der Waals surface area contributed by atoms with Gasteiger partial charge in [-0.25, -0.2) is 4.39 Å². The van der Waals surface area contributed by atoms with Gasteiger partial charge in [0, 0.05) is 18.0 Å². The number of H-pyrrole nitrogens is 1. The number of benzene rings is 1. The van der Waals surface area contributed by atoms with Crippen LogP contribution in [0.15, 0.2) is 60.2 Å². The largest absolute Gasteiger partial charge is 0.420 e. The van der Waals surface area contributed by atoms with Gasteiger partial charge in [0.15, 0.2) is 0 Å². The van der Waals surface area contributed by atoms with Crippen molar-refractivity contribution < 1.29 is 9.13 Å².